The van der Waals surface area contributed by atoms with E-state index in [-0.39, 0.29) is 13.4 Å². The molecular formula is C27H26N4O5S. The van der Waals surface area contributed by atoms with Gasteiger partial charge in [0.2, 0.25) is 11.9 Å². The summed E-state index contributed by atoms with van der Waals surface area (Å²) in [5.74, 6) is -0.758. The number of carboxylic acids is 1. The minimum absolute atomic E-state index is 0.0937. The lowest BCUT2D eigenvalue weighted by Crippen LogP contribution is -2.38. The fourth-order valence-corrected chi connectivity index (χ4v) is 4.58. The maximum absolute atomic E-state index is 10.4. The number of carbonyl (C=O) groups is 1. The van der Waals surface area contributed by atoms with E-state index in [1.54, 1.807) is 0 Å². The summed E-state index contributed by atoms with van der Waals surface area (Å²) in [4.78, 5) is 19.9. The predicted octanol–water partition coefficient (Wildman–Crippen LogP) is 4.69. The maximum Gasteiger partial charge on any atom is 0.350 e. The van der Waals surface area contributed by atoms with E-state index >= 15 is 0 Å². The largest absolute Gasteiger partial charge is 0.477 e. The summed E-state index contributed by atoms with van der Waals surface area (Å²) in [5, 5.41) is 16.1. The Hall–Kier alpha value is -4.12. The molecule has 0 aliphatic carbocycles. The van der Waals surface area contributed by atoms with Gasteiger partial charge in [-0.15, -0.1) is 0 Å². The van der Waals surface area contributed by atoms with Crippen molar-refractivity contribution in [2.24, 2.45) is 5.16 Å². The Morgan fingerprint density at radius 1 is 1.00 bits per heavy atom. The minimum Gasteiger partial charge on any atom is -0.477 e. The smallest absolute Gasteiger partial charge is 0.350 e. The van der Waals surface area contributed by atoms with E-state index in [1.165, 1.54) is 18.6 Å². The topological polar surface area (TPSA) is 115 Å². The Morgan fingerprint density at radius 2 is 1.54 bits per heavy atom. The first-order chi connectivity index (χ1) is 18.1. The molecule has 3 aromatic carbocycles. The van der Waals surface area contributed by atoms with E-state index in [2.05, 4.69) is 51.2 Å². The number of oxime groups is 1. The summed E-state index contributed by atoms with van der Waals surface area (Å²) in [7, 11) is 1.54. The molecule has 0 saturated heterocycles. The second-order valence-corrected chi connectivity index (χ2v) is 8.60. The number of hydrogen-bond acceptors (Lipinski definition) is 9. The highest BCUT2D eigenvalue weighted by atomic mass is 32.1. The number of benzene rings is 3. The van der Waals surface area contributed by atoms with Crippen LogP contribution in [0, 0.1) is 0 Å². The summed E-state index contributed by atoms with van der Waals surface area (Å²) in [5.41, 5.74) is 2.43. The number of rotatable bonds is 13. The highest BCUT2D eigenvalue weighted by molar-refractivity contribution is 7.09. The van der Waals surface area contributed by atoms with Crippen LogP contribution in [-0.4, -0.2) is 47.2 Å². The van der Waals surface area contributed by atoms with Gasteiger partial charge in [-0.25, -0.2) is 9.78 Å². The van der Waals surface area contributed by atoms with Crippen LogP contribution in [0.3, 0.4) is 0 Å². The molecule has 10 heteroatoms. The Balaban J connectivity index is 1.62. The fraction of sp³-hybridized carbons (Fsp3) is 0.185. The molecule has 0 aliphatic rings. The second-order valence-electron chi connectivity index (χ2n) is 7.85. The summed E-state index contributed by atoms with van der Waals surface area (Å²) in [6, 6.07) is 30.6. The van der Waals surface area contributed by atoms with E-state index < -0.39 is 17.6 Å². The van der Waals surface area contributed by atoms with E-state index in [0.29, 0.717) is 17.2 Å². The van der Waals surface area contributed by atoms with E-state index in [0.717, 1.165) is 16.7 Å². The molecule has 190 valence electrons. The van der Waals surface area contributed by atoms with Gasteiger partial charge in [0.15, 0.2) is 12.0 Å². The van der Waals surface area contributed by atoms with Crippen molar-refractivity contribution in [3.8, 4) is 0 Å². The standard InChI is InChI=1S/C27H26N4O5S/c1-34-23(18-35-19-36-28-17-24(32)33)25-29-26(37-31-25)30-27(20-11-5-2-6-12-20,21-13-7-3-8-14-21)22-15-9-4-10-16-22/h2-17,23H,18-19H2,1H3,(H,32,33)(H,29,30,31)/b28-17-. The van der Waals surface area contributed by atoms with Crippen molar-refractivity contribution in [2.45, 2.75) is 11.6 Å². The Labute approximate surface area is 218 Å². The molecule has 0 bridgehead atoms. The first-order valence-electron chi connectivity index (χ1n) is 11.4. The highest BCUT2D eigenvalue weighted by Crippen LogP contribution is 2.40. The molecule has 4 rings (SSSR count). The van der Waals surface area contributed by atoms with Gasteiger partial charge in [-0.2, -0.15) is 4.37 Å². The quantitative estimate of drug-likeness (QED) is 0.0861. The molecule has 1 aromatic heterocycles. The zero-order chi connectivity index (χ0) is 25.9. The number of methoxy groups -OCH3 is 1. The van der Waals surface area contributed by atoms with Crippen molar-refractivity contribution in [3.05, 3.63) is 114 Å². The van der Waals surface area contributed by atoms with Gasteiger partial charge in [-0.05, 0) is 16.7 Å². The van der Waals surface area contributed by atoms with Crippen LogP contribution in [-0.2, 0) is 24.6 Å². The number of hydrogen-bond donors (Lipinski definition) is 2. The van der Waals surface area contributed by atoms with Crippen molar-refractivity contribution >= 4 is 28.8 Å². The Kier molecular flexibility index (Phi) is 8.93. The summed E-state index contributed by atoms with van der Waals surface area (Å²) < 4.78 is 15.4. The molecule has 9 nitrogen and oxygen atoms in total. The molecule has 0 spiro atoms. The van der Waals surface area contributed by atoms with E-state index in [4.69, 9.17) is 24.4 Å². The van der Waals surface area contributed by atoms with Crippen molar-refractivity contribution in [1.82, 2.24) is 9.36 Å². The summed E-state index contributed by atoms with van der Waals surface area (Å²) in [6.07, 6.45) is 0.0775. The molecule has 4 aromatic rings. The van der Waals surface area contributed by atoms with Crippen LogP contribution in [0.2, 0.25) is 0 Å². The van der Waals surface area contributed by atoms with Crippen LogP contribution in [0.25, 0.3) is 0 Å². The van der Waals surface area contributed by atoms with E-state index in [1.807, 2.05) is 54.6 Å². The molecular weight excluding hydrogens is 492 g/mol. The maximum atomic E-state index is 10.4. The highest BCUT2D eigenvalue weighted by Gasteiger charge is 2.37. The normalized spacial score (nSPS) is 12.4. The molecule has 1 heterocycles. The number of carboxylic acid groups (broad SMARTS) is 1. The third-order valence-corrected chi connectivity index (χ3v) is 6.22. The molecule has 1 atom stereocenters. The lowest BCUT2D eigenvalue weighted by atomic mass is 9.77. The molecule has 1 unspecified atom stereocenters. The van der Waals surface area contributed by atoms with Crippen molar-refractivity contribution in [3.63, 3.8) is 0 Å². The third-order valence-electron chi connectivity index (χ3n) is 5.57. The summed E-state index contributed by atoms with van der Waals surface area (Å²) >= 11 is 1.23. The summed E-state index contributed by atoms with van der Waals surface area (Å²) in [6.45, 7) is -0.144. The fourth-order valence-electron chi connectivity index (χ4n) is 3.91. The monoisotopic (exact) mass is 518 g/mol. The van der Waals surface area contributed by atoms with Crippen LogP contribution >= 0.6 is 11.5 Å². The van der Waals surface area contributed by atoms with Crippen molar-refractivity contribution in [1.29, 1.82) is 0 Å². The molecule has 0 radical (unpaired) electrons. The van der Waals surface area contributed by atoms with Crippen LogP contribution in [0.4, 0.5) is 5.13 Å². The first-order valence-corrected chi connectivity index (χ1v) is 12.2. The van der Waals surface area contributed by atoms with Crippen LogP contribution in [0.15, 0.2) is 96.2 Å². The van der Waals surface area contributed by atoms with Gasteiger partial charge in [0.25, 0.3) is 0 Å². The molecule has 0 amide bonds. The average Bonchev–Trinajstić information content (AvgIpc) is 3.41. The molecule has 0 aliphatic heterocycles. The number of ether oxygens (including phenoxy) is 2. The molecule has 0 fully saturated rings. The molecule has 0 saturated carbocycles. The predicted molar refractivity (Wildman–Crippen MR) is 141 cm³/mol. The zero-order valence-corrected chi connectivity index (χ0v) is 20.9. The lowest BCUT2D eigenvalue weighted by molar-refractivity contribution is -0.129. The number of nitrogens with one attached hydrogen (secondary N) is 1. The number of aromatic nitrogens is 2. The Morgan fingerprint density at radius 3 is 2.03 bits per heavy atom. The molecule has 2 N–H and O–H groups in total. The van der Waals surface area contributed by atoms with Crippen LogP contribution < -0.4 is 5.32 Å². The number of aliphatic carboxylic acids is 1. The van der Waals surface area contributed by atoms with Crippen LogP contribution in [0.5, 0.6) is 0 Å². The van der Waals surface area contributed by atoms with Crippen LogP contribution in [0.1, 0.15) is 28.6 Å². The second kappa shape index (κ2) is 12.7. The zero-order valence-electron chi connectivity index (χ0n) is 20.1. The van der Waals surface area contributed by atoms with Crippen molar-refractivity contribution < 1.29 is 24.2 Å². The van der Waals surface area contributed by atoms with Gasteiger partial charge in [0.1, 0.15) is 11.6 Å². The number of nitrogens with zero attached hydrogens (tertiary/aromatic N) is 3. The van der Waals surface area contributed by atoms with E-state index in [9.17, 15) is 4.79 Å². The van der Waals surface area contributed by atoms with Gasteiger partial charge < -0.3 is 24.7 Å². The third kappa shape index (κ3) is 6.36. The first kappa shape index (κ1) is 26.0. The SMILES string of the molecule is COC(COCO/N=C\C(=O)O)c1nsc(NC(c2ccccc2)(c2ccccc2)c2ccccc2)n1. The number of anilines is 1. The van der Waals surface area contributed by atoms with Gasteiger partial charge in [-0.3, -0.25) is 0 Å². The van der Waals surface area contributed by atoms with Crippen molar-refractivity contribution in [2.75, 3.05) is 25.8 Å². The minimum atomic E-state index is -1.21. The van der Waals surface area contributed by atoms with Gasteiger partial charge in [0.05, 0.1) is 6.61 Å². The molecule has 37 heavy (non-hydrogen) atoms. The van der Waals surface area contributed by atoms with Gasteiger partial charge in [-0.1, -0.05) is 96.2 Å². The van der Waals surface area contributed by atoms with Gasteiger partial charge >= 0.3 is 5.97 Å². The average molecular weight is 519 g/mol. The lowest BCUT2D eigenvalue weighted by Gasteiger charge is -2.36. The van der Waals surface area contributed by atoms with Gasteiger partial charge in [0, 0.05) is 18.6 Å². The Bertz CT molecular complexity index is 1190.